The highest BCUT2D eigenvalue weighted by Crippen LogP contribution is 2.41. The number of aromatic nitrogens is 1. The van der Waals surface area contributed by atoms with E-state index in [1.54, 1.807) is 16.0 Å². The third-order valence-corrected chi connectivity index (χ3v) is 9.87. The number of rotatable bonds is 8. The molecule has 234 valence electrons. The van der Waals surface area contributed by atoms with Crippen molar-refractivity contribution in [3.63, 3.8) is 0 Å². The van der Waals surface area contributed by atoms with Crippen LogP contribution in [0.5, 0.6) is 0 Å². The van der Waals surface area contributed by atoms with Gasteiger partial charge >= 0.3 is 0 Å². The molecule has 2 aromatic carbocycles. The molecular weight excluding hydrogens is 570 g/mol. The molecule has 3 aromatic rings. The molecule has 45 heavy (non-hydrogen) atoms. The van der Waals surface area contributed by atoms with Crippen LogP contribution in [-0.4, -0.2) is 63.6 Å². The second-order valence-electron chi connectivity index (χ2n) is 13.2. The molecular formula is C35H39N5O5. The second-order valence-corrected chi connectivity index (χ2v) is 13.2. The Hall–Kier alpha value is -4.47. The molecule has 0 radical (unpaired) electrons. The topological polar surface area (TPSA) is 125 Å². The van der Waals surface area contributed by atoms with Gasteiger partial charge < -0.3 is 24.9 Å². The van der Waals surface area contributed by atoms with Gasteiger partial charge in [-0.3, -0.25) is 19.2 Å². The smallest absolute Gasteiger partial charge is 0.247 e. The average molecular weight is 610 g/mol. The van der Waals surface area contributed by atoms with Gasteiger partial charge in [-0.05, 0) is 98.9 Å². The van der Waals surface area contributed by atoms with Gasteiger partial charge in [0.15, 0.2) is 5.76 Å². The van der Waals surface area contributed by atoms with Crippen LogP contribution in [0, 0.1) is 23.7 Å². The lowest BCUT2D eigenvalue weighted by molar-refractivity contribution is -0.138. The van der Waals surface area contributed by atoms with Gasteiger partial charge in [0.2, 0.25) is 29.5 Å². The Morgan fingerprint density at radius 1 is 0.711 bits per heavy atom. The number of nitrogens with zero attached hydrogens (tertiary/aromatic N) is 3. The molecule has 2 aliphatic carbocycles. The van der Waals surface area contributed by atoms with Crippen molar-refractivity contribution in [2.75, 3.05) is 23.7 Å². The van der Waals surface area contributed by atoms with E-state index in [0.29, 0.717) is 60.8 Å². The largest absolute Gasteiger partial charge is 0.436 e. The molecule has 10 nitrogen and oxygen atoms in total. The van der Waals surface area contributed by atoms with Gasteiger partial charge in [0, 0.05) is 47.4 Å². The van der Waals surface area contributed by atoms with Crippen molar-refractivity contribution in [1.29, 1.82) is 0 Å². The van der Waals surface area contributed by atoms with Crippen molar-refractivity contribution in [2.24, 2.45) is 23.7 Å². The quantitative estimate of drug-likeness (QED) is 0.363. The summed E-state index contributed by atoms with van der Waals surface area (Å²) < 4.78 is 6.04. The molecule has 4 aliphatic rings. The number of anilines is 2. The molecule has 2 aliphatic heterocycles. The molecule has 2 saturated carbocycles. The summed E-state index contributed by atoms with van der Waals surface area (Å²) in [6.45, 7) is 5.45. The van der Waals surface area contributed by atoms with Crippen molar-refractivity contribution in [2.45, 2.75) is 64.5 Å². The van der Waals surface area contributed by atoms with E-state index in [4.69, 9.17) is 4.42 Å². The lowest BCUT2D eigenvalue weighted by Crippen LogP contribution is -2.44. The van der Waals surface area contributed by atoms with E-state index in [0.717, 1.165) is 36.8 Å². The molecule has 0 bridgehead atoms. The van der Waals surface area contributed by atoms with Crippen LogP contribution in [0.3, 0.4) is 0 Å². The van der Waals surface area contributed by atoms with Crippen LogP contribution in [0.1, 0.15) is 52.4 Å². The Bertz CT molecular complexity index is 1500. The summed E-state index contributed by atoms with van der Waals surface area (Å²) in [6.07, 6.45) is 6.55. The van der Waals surface area contributed by atoms with E-state index >= 15 is 0 Å². The molecule has 2 N–H and O–H groups in total. The van der Waals surface area contributed by atoms with Crippen molar-refractivity contribution in [3.05, 3.63) is 54.7 Å². The van der Waals surface area contributed by atoms with Crippen molar-refractivity contribution >= 4 is 35.0 Å². The predicted molar refractivity (Wildman–Crippen MR) is 169 cm³/mol. The standard InChI is InChI=1S/C35H39N5O5/c1-20-17-26(20)34(43)39-15-3-5-28(39)31(41)37-24-11-7-22(8-12-24)30-19-36-33(45-30)23-9-13-25(14-10-23)38-32(42)29-6-4-16-40(29)35(44)27-18-21(27)2/h7-14,19-21,26-29H,3-6,15-18H2,1-2H3,(H,37,41)(H,38,42)/t20?,21?,26?,27?,28-,29-/m0/s1. The zero-order valence-corrected chi connectivity index (χ0v) is 25.7. The van der Waals surface area contributed by atoms with Crippen LogP contribution in [-0.2, 0) is 19.2 Å². The minimum atomic E-state index is -0.420. The minimum Gasteiger partial charge on any atom is -0.436 e. The number of nitrogens with one attached hydrogen (secondary N) is 2. The molecule has 1 aromatic heterocycles. The number of carbonyl (C=O) groups is 4. The number of oxazole rings is 1. The molecule has 3 heterocycles. The number of amides is 4. The highest BCUT2D eigenvalue weighted by Gasteiger charge is 2.46. The zero-order valence-electron chi connectivity index (χ0n) is 25.7. The Kier molecular flexibility index (Phi) is 7.67. The summed E-state index contributed by atoms with van der Waals surface area (Å²) in [5.41, 5.74) is 2.89. The highest BCUT2D eigenvalue weighted by atomic mass is 16.4. The van der Waals surface area contributed by atoms with Gasteiger partial charge in [0.25, 0.3) is 0 Å². The van der Waals surface area contributed by atoms with Crippen molar-refractivity contribution in [1.82, 2.24) is 14.8 Å². The number of hydrogen-bond acceptors (Lipinski definition) is 6. The number of benzene rings is 2. The van der Waals surface area contributed by atoms with Gasteiger partial charge in [-0.15, -0.1) is 0 Å². The Morgan fingerprint density at radius 2 is 1.16 bits per heavy atom. The summed E-state index contributed by atoms with van der Waals surface area (Å²) in [6, 6.07) is 13.8. The van der Waals surface area contributed by atoms with Crippen molar-refractivity contribution < 1.29 is 23.6 Å². The average Bonchev–Trinajstić information content (AvgIpc) is 3.64. The van der Waals surface area contributed by atoms with Gasteiger partial charge in [0.1, 0.15) is 12.1 Å². The lowest BCUT2D eigenvalue weighted by Gasteiger charge is -2.24. The maximum atomic E-state index is 13.0. The van der Waals surface area contributed by atoms with Crippen LogP contribution < -0.4 is 10.6 Å². The SMILES string of the molecule is CC1CC1C(=O)N1CCC[C@H]1C(=O)Nc1ccc(-c2cnc(-c3ccc(NC(=O)[C@@H]4CCCN4C(=O)C4CC4C)cc3)o2)cc1. The Morgan fingerprint density at radius 3 is 1.60 bits per heavy atom. The maximum absolute atomic E-state index is 13.0. The van der Waals surface area contributed by atoms with Gasteiger partial charge in [0.05, 0.1) is 6.20 Å². The summed E-state index contributed by atoms with van der Waals surface area (Å²) in [5.74, 6) is 1.94. The van der Waals surface area contributed by atoms with Crippen LogP contribution in [0.2, 0.25) is 0 Å². The minimum absolute atomic E-state index is 0.0729. The summed E-state index contributed by atoms with van der Waals surface area (Å²) in [5, 5.41) is 5.94. The Labute approximate surface area is 262 Å². The third kappa shape index (κ3) is 5.98. The fourth-order valence-corrected chi connectivity index (χ4v) is 6.77. The van der Waals surface area contributed by atoms with Crippen molar-refractivity contribution in [3.8, 4) is 22.8 Å². The third-order valence-electron chi connectivity index (χ3n) is 9.87. The first-order valence-electron chi connectivity index (χ1n) is 16.2. The Balaban J connectivity index is 0.945. The van der Waals surface area contributed by atoms with E-state index < -0.39 is 12.1 Å². The second kappa shape index (κ2) is 11.8. The van der Waals surface area contributed by atoms with E-state index in [9.17, 15) is 19.2 Å². The molecule has 4 fully saturated rings. The summed E-state index contributed by atoms with van der Waals surface area (Å²) >= 11 is 0. The summed E-state index contributed by atoms with van der Waals surface area (Å²) in [7, 11) is 0. The number of carbonyl (C=O) groups excluding carboxylic acids is 4. The molecule has 0 spiro atoms. The predicted octanol–water partition coefficient (Wildman–Crippen LogP) is 5.18. The zero-order chi connectivity index (χ0) is 31.2. The molecule has 2 saturated heterocycles. The monoisotopic (exact) mass is 609 g/mol. The van der Waals surface area contributed by atoms with E-state index in [2.05, 4.69) is 29.5 Å². The van der Waals surface area contributed by atoms with E-state index in [1.165, 1.54) is 0 Å². The fraction of sp³-hybridized carbons (Fsp3) is 0.457. The van der Waals surface area contributed by atoms with Crippen LogP contribution >= 0.6 is 0 Å². The van der Waals surface area contributed by atoms with Gasteiger partial charge in [-0.25, -0.2) is 4.98 Å². The summed E-state index contributed by atoms with van der Waals surface area (Å²) in [4.78, 5) is 59.5. The number of likely N-dealkylation sites (tertiary alicyclic amines) is 2. The van der Waals surface area contributed by atoms with E-state index in [1.807, 2.05) is 48.5 Å². The van der Waals surface area contributed by atoms with Crippen LogP contribution in [0.4, 0.5) is 11.4 Å². The molecule has 4 amide bonds. The van der Waals surface area contributed by atoms with Crippen LogP contribution in [0.15, 0.2) is 59.1 Å². The van der Waals surface area contributed by atoms with E-state index in [-0.39, 0.29) is 35.5 Å². The molecule has 7 rings (SSSR count). The number of hydrogen-bond donors (Lipinski definition) is 2. The fourth-order valence-electron chi connectivity index (χ4n) is 6.77. The first-order valence-corrected chi connectivity index (χ1v) is 16.2. The van der Waals surface area contributed by atoms with Gasteiger partial charge in [-0.1, -0.05) is 13.8 Å². The molecule has 4 unspecified atom stereocenters. The lowest BCUT2D eigenvalue weighted by atomic mass is 10.1. The highest BCUT2D eigenvalue weighted by molar-refractivity contribution is 5.99. The molecule has 6 atom stereocenters. The van der Waals surface area contributed by atoms with Crippen LogP contribution in [0.25, 0.3) is 22.8 Å². The molecule has 10 heteroatoms. The first-order chi connectivity index (χ1) is 21.8. The normalized spacial score (nSPS) is 26.9. The first kappa shape index (κ1) is 29.3. The maximum Gasteiger partial charge on any atom is 0.247 e. The van der Waals surface area contributed by atoms with Gasteiger partial charge in [-0.2, -0.15) is 0 Å².